The number of para-hydroxylation sites is 1. The van der Waals surface area contributed by atoms with Crippen molar-refractivity contribution in [3.63, 3.8) is 0 Å². The van der Waals surface area contributed by atoms with Crippen LogP contribution >= 0.6 is 31.9 Å². The van der Waals surface area contributed by atoms with E-state index in [0.717, 1.165) is 33.2 Å². The Labute approximate surface area is 130 Å². The highest BCUT2D eigenvalue weighted by Crippen LogP contribution is 2.33. The van der Waals surface area contributed by atoms with Gasteiger partial charge in [-0.3, -0.25) is 0 Å². The number of nitrogen functional groups attached to an aromatic ring is 1. The third-order valence-electron chi connectivity index (χ3n) is 2.73. The van der Waals surface area contributed by atoms with Gasteiger partial charge in [0.15, 0.2) is 0 Å². The molecule has 19 heavy (non-hydrogen) atoms. The molecule has 0 fully saturated rings. The van der Waals surface area contributed by atoms with Gasteiger partial charge in [0, 0.05) is 5.69 Å². The summed E-state index contributed by atoms with van der Waals surface area (Å²) in [4.78, 5) is 0. The van der Waals surface area contributed by atoms with Crippen LogP contribution in [0, 0.1) is 0 Å². The molecule has 0 aromatic heterocycles. The fourth-order valence-corrected chi connectivity index (χ4v) is 3.05. The van der Waals surface area contributed by atoms with Gasteiger partial charge in [0.25, 0.3) is 0 Å². The highest BCUT2D eigenvalue weighted by molar-refractivity contribution is 9.11. The molecule has 2 rings (SSSR count). The van der Waals surface area contributed by atoms with Gasteiger partial charge in [-0.25, -0.2) is 0 Å². The van der Waals surface area contributed by atoms with Crippen LogP contribution in [-0.2, 0) is 6.42 Å². The second kappa shape index (κ2) is 6.96. The molecule has 0 aliphatic carbocycles. The predicted molar refractivity (Wildman–Crippen MR) is 86.5 cm³/mol. The number of benzene rings is 2. The molecule has 2 nitrogen and oxygen atoms in total. The third-order valence-corrected chi connectivity index (χ3v) is 3.98. The normalized spacial score (nSPS) is 10.4. The van der Waals surface area contributed by atoms with E-state index in [1.165, 1.54) is 5.56 Å². The summed E-state index contributed by atoms with van der Waals surface area (Å²) in [6.45, 7) is 0.677. The van der Waals surface area contributed by atoms with E-state index in [0.29, 0.717) is 6.61 Å². The topological polar surface area (TPSA) is 35.2 Å². The minimum absolute atomic E-state index is 0.677. The molecule has 0 saturated carbocycles. The van der Waals surface area contributed by atoms with E-state index in [9.17, 15) is 0 Å². The zero-order valence-electron chi connectivity index (χ0n) is 10.4. The zero-order chi connectivity index (χ0) is 13.7. The number of halogens is 2. The first-order chi connectivity index (χ1) is 9.16. The van der Waals surface area contributed by atoms with E-state index in [1.54, 1.807) is 0 Å². The number of hydrogen-bond donors (Lipinski definition) is 1. The van der Waals surface area contributed by atoms with Crippen LogP contribution in [0.1, 0.15) is 12.0 Å². The van der Waals surface area contributed by atoms with Gasteiger partial charge in [0.1, 0.15) is 5.75 Å². The maximum Gasteiger partial charge on any atom is 0.147 e. The summed E-state index contributed by atoms with van der Waals surface area (Å²) in [6.07, 6.45) is 1.92. The molecule has 0 aliphatic rings. The molecule has 2 aromatic rings. The van der Waals surface area contributed by atoms with E-state index in [-0.39, 0.29) is 0 Å². The molecular weight excluding hydrogens is 370 g/mol. The van der Waals surface area contributed by atoms with E-state index in [1.807, 2.05) is 36.4 Å². The maximum absolute atomic E-state index is 5.79. The lowest BCUT2D eigenvalue weighted by molar-refractivity contribution is 0.307. The van der Waals surface area contributed by atoms with Gasteiger partial charge in [-0.05, 0) is 74.5 Å². The summed E-state index contributed by atoms with van der Waals surface area (Å²) >= 11 is 6.96. The summed E-state index contributed by atoms with van der Waals surface area (Å²) in [5, 5.41) is 0. The standard InChI is InChI=1S/C15H15Br2NO/c16-13-7-2-8-14(17)15(13)19-9-3-5-11-4-1-6-12(18)10-11/h1-2,4,6-8,10H,3,5,9,18H2. The van der Waals surface area contributed by atoms with Gasteiger partial charge in [-0.1, -0.05) is 18.2 Å². The summed E-state index contributed by atoms with van der Waals surface area (Å²) in [5.74, 6) is 0.857. The zero-order valence-corrected chi connectivity index (χ0v) is 13.6. The Morgan fingerprint density at radius 1 is 1.00 bits per heavy atom. The van der Waals surface area contributed by atoms with Crippen molar-refractivity contribution >= 4 is 37.5 Å². The molecule has 0 heterocycles. The van der Waals surface area contributed by atoms with Crippen molar-refractivity contribution in [2.45, 2.75) is 12.8 Å². The molecule has 2 aromatic carbocycles. The minimum Gasteiger partial charge on any atom is -0.491 e. The lowest BCUT2D eigenvalue weighted by Crippen LogP contribution is -2.01. The van der Waals surface area contributed by atoms with Crippen molar-refractivity contribution in [1.29, 1.82) is 0 Å². The van der Waals surface area contributed by atoms with Crippen LogP contribution in [0.2, 0.25) is 0 Å². The first-order valence-corrected chi connectivity index (χ1v) is 7.66. The van der Waals surface area contributed by atoms with Gasteiger partial charge < -0.3 is 10.5 Å². The number of aryl methyl sites for hydroxylation is 1. The summed E-state index contributed by atoms with van der Waals surface area (Å²) < 4.78 is 7.72. The lowest BCUT2D eigenvalue weighted by Gasteiger charge is -2.10. The molecule has 100 valence electrons. The Kier molecular flexibility index (Phi) is 5.28. The second-order valence-electron chi connectivity index (χ2n) is 4.25. The van der Waals surface area contributed by atoms with Crippen LogP contribution in [0.25, 0.3) is 0 Å². The van der Waals surface area contributed by atoms with Crippen molar-refractivity contribution in [3.05, 3.63) is 57.0 Å². The number of rotatable bonds is 5. The molecule has 0 aliphatic heterocycles. The Morgan fingerprint density at radius 2 is 1.68 bits per heavy atom. The molecule has 0 amide bonds. The molecule has 0 bridgehead atoms. The first-order valence-electron chi connectivity index (χ1n) is 6.08. The van der Waals surface area contributed by atoms with Gasteiger partial charge in [-0.2, -0.15) is 0 Å². The lowest BCUT2D eigenvalue weighted by atomic mass is 10.1. The quantitative estimate of drug-likeness (QED) is 0.593. The maximum atomic E-state index is 5.79. The first kappa shape index (κ1) is 14.4. The van der Waals surface area contributed by atoms with E-state index < -0.39 is 0 Å². The summed E-state index contributed by atoms with van der Waals surface area (Å²) in [6, 6.07) is 13.9. The van der Waals surface area contributed by atoms with Crippen molar-refractivity contribution in [2.75, 3.05) is 12.3 Å². The van der Waals surface area contributed by atoms with Gasteiger partial charge in [-0.15, -0.1) is 0 Å². The van der Waals surface area contributed by atoms with E-state index >= 15 is 0 Å². The number of nitrogens with two attached hydrogens (primary N) is 1. The van der Waals surface area contributed by atoms with Crippen LogP contribution < -0.4 is 10.5 Å². The summed E-state index contributed by atoms with van der Waals surface area (Å²) in [5.41, 5.74) is 7.81. The average molecular weight is 385 g/mol. The molecule has 4 heteroatoms. The molecule has 0 saturated heterocycles. The SMILES string of the molecule is Nc1cccc(CCCOc2c(Br)cccc2Br)c1. The number of anilines is 1. The highest BCUT2D eigenvalue weighted by Gasteiger charge is 2.05. The van der Waals surface area contributed by atoms with Crippen molar-refractivity contribution < 1.29 is 4.74 Å². The molecule has 0 spiro atoms. The van der Waals surface area contributed by atoms with Crippen LogP contribution in [0.5, 0.6) is 5.75 Å². The molecular formula is C15H15Br2NO. The Bertz CT molecular complexity index is 537. The van der Waals surface area contributed by atoms with Gasteiger partial charge in [0.2, 0.25) is 0 Å². The highest BCUT2D eigenvalue weighted by atomic mass is 79.9. The third kappa shape index (κ3) is 4.25. The van der Waals surface area contributed by atoms with Crippen LogP contribution in [0.4, 0.5) is 5.69 Å². The molecule has 0 radical (unpaired) electrons. The van der Waals surface area contributed by atoms with E-state index in [2.05, 4.69) is 37.9 Å². The van der Waals surface area contributed by atoms with Crippen molar-refractivity contribution in [2.24, 2.45) is 0 Å². The second-order valence-corrected chi connectivity index (χ2v) is 5.96. The largest absolute Gasteiger partial charge is 0.491 e. The minimum atomic E-state index is 0.677. The van der Waals surface area contributed by atoms with Crippen LogP contribution in [-0.4, -0.2) is 6.61 Å². The van der Waals surface area contributed by atoms with Crippen molar-refractivity contribution in [1.82, 2.24) is 0 Å². The fourth-order valence-electron chi connectivity index (χ4n) is 1.82. The van der Waals surface area contributed by atoms with Crippen LogP contribution in [0.15, 0.2) is 51.4 Å². The number of ether oxygens (including phenoxy) is 1. The Morgan fingerprint density at radius 3 is 2.37 bits per heavy atom. The van der Waals surface area contributed by atoms with Crippen molar-refractivity contribution in [3.8, 4) is 5.75 Å². The Hall–Kier alpha value is -1.00. The monoisotopic (exact) mass is 383 g/mol. The summed E-state index contributed by atoms with van der Waals surface area (Å²) in [7, 11) is 0. The van der Waals surface area contributed by atoms with E-state index in [4.69, 9.17) is 10.5 Å². The average Bonchev–Trinajstić information content (AvgIpc) is 2.37. The Balaban J connectivity index is 1.84. The van der Waals surface area contributed by atoms with Crippen LogP contribution in [0.3, 0.4) is 0 Å². The molecule has 0 atom stereocenters. The molecule has 2 N–H and O–H groups in total. The number of hydrogen-bond acceptors (Lipinski definition) is 2. The van der Waals surface area contributed by atoms with Gasteiger partial charge >= 0.3 is 0 Å². The molecule has 0 unspecified atom stereocenters. The van der Waals surface area contributed by atoms with Gasteiger partial charge in [0.05, 0.1) is 15.6 Å². The smallest absolute Gasteiger partial charge is 0.147 e. The fraction of sp³-hybridized carbons (Fsp3) is 0.200. The predicted octanol–water partition coefficient (Wildman–Crippen LogP) is 4.81.